The molecule has 1 aliphatic carbocycles. The predicted molar refractivity (Wildman–Crippen MR) is 216 cm³/mol. The SMILES string of the molecule is COCC[C@@H]1[C@@H](C)C/C=C/[C@](CN2CCN3CCOC[C@@H]3C2)(OC)[C@@H]2CC[C@H]2CN2CCCCc3cc(Cl)ccc3COc3ccc(cc32)C(=O)NS1(=O)=O. The molecule has 0 aromatic heterocycles. The number of anilines is 1. The van der Waals surface area contributed by atoms with Crippen LogP contribution in [0.4, 0.5) is 5.69 Å². The average Bonchev–Trinajstić information content (AvgIpc) is 3.19. The van der Waals surface area contributed by atoms with Crippen molar-refractivity contribution < 1.29 is 32.2 Å². The van der Waals surface area contributed by atoms with E-state index in [2.05, 4.69) is 31.6 Å². The summed E-state index contributed by atoms with van der Waals surface area (Å²) in [5, 5.41) is -0.125. The monoisotopic (exact) mass is 798 g/mol. The van der Waals surface area contributed by atoms with E-state index >= 15 is 0 Å². The maximum atomic E-state index is 14.0. The number of carbonyl (C=O) groups is 1. The van der Waals surface area contributed by atoms with Gasteiger partial charge in [-0.2, -0.15) is 0 Å². The van der Waals surface area contributed by atoms with Crippen molar-refractivity contribution in [3.8, 4) is 5.75 Å². The number of methoxy groups -OCH3 is 2. The van der Waals surface area contributed by atoms with Gasteiger partial charge in [0, 0.05) is 83.3 Å². The number of allylic oxidation sites excluding steroid dienone is 1. The Morgan fingerprint density at radius 1 is 1.02 bits per heavy atom. The van der Waals surface area contributed by atoms with Crippen LogP contribution in [0.3, 0.4) is 0 Å². The Labute approximate surface area is 332 Å². The van der Waals surface area contributed by atoms with Crippen LogP contribution in [0.15, 0.2) is 48.6 Å². The van der Waals surface area contributed by atoms with Crippen molar-refractivity contribution >= 4 is 33.2 Å². The van der Waals surface area contributed by atoms with Crippen molar-refractivity contribution in [1.29, 1.82) is 0 Å². The molecule has 4 heterocycles. The molecule has 7 rings (SSSR count). The highest BCUT2D eigenvalue weighted by molar-refractivity contribution is 7.90. The van der Waals surface area contributed by atoms with Gasteiger partial charge in [-0.1, -0.05) is 36.7 Å². The summed E-state index contributed by atoms with van der Waals surface area (Å²) in [5.74, 6) is 0.309. The van der Waals surface area contributed by atoms with Gasteiger partial charge in [0.15, 0.2) is 0 Å². The lowest BCUT2D eigenvalue weighted by Gasteiger charge is -2.53. The van der Waals surface area contributed by atoms with E-state index in [9.17, 15) is 13.2 Å². The number of hydrogen-bond acceptors (Lipinski definition) is 10. The first kappa shape index (κ1) is 40.5. The van der Waals surface area contributed by atoms with E-state index < -0.39 is 26.8 Å². The van der Waals surface area contributed by atoms with Gasteiger partial charge >= 0.3 is 0 Å². The fourth-order valence-electron chi connectivity index (χ4n) is 9.55. The molecule has 6 atom stereocenters. The highest BCUT2D eigenvalue weighted by Crippen LogP contribution is 2.47. The summed E-state index contributed by atoms with van der Waals surface area (Å²) in [6.45, 7) is 10.3. The fraction of sp³-hybridized carbons (Fsp3) is 0.643. The minimum Gasteiger partial charge on any atom is -0.487 e. The molecule has 4 aliphatic heterocycles. The van der Waals surface area contributed by atoms with E-state index in [4.69, 9.17) is 30.5 Å². The van der Waals surface area contributed by atoms with E-state index in [1.807, 2.05) is 44.4 Å². The number of ether oxygens (including phenoxy) is 4. The Morgan fingerprint density at radius 2 is 1.89 bits per heavy atom. The molecule has 0 radical (unpaired) electrons. The number of aryl methyl sites for hydroxylation is 1. The molecule has 2 bridgehead atoms. The van der Waals surface area contributed by atoms with Crippen molar-refractivity contribution in [1.82, 2.24) is 14.5 Å². The summed E-state index contributed by atoms with van der Waals surface area (Å²) in [7, 11) is -0.662. The molecule has 2 saturated heterocycles. The van der Waals surface area contributed by atoms with Crippen molar-refractivity contribution in [2.45, 2.75) is 75.4 Å². The van der Waals surface area contributed by atoms with Crippen molar-refractivity contribution in [3.63, 3.8) is 0 Å². The molecule has 0 spiro atoms. The average molecular weight is 799 g/mol. The zero-order valence-corrected chi connectivity index (χ0v) is 34.3. The third-order valence-electron chi connectivity index (χ3n) is 12.9. The lowest BCUT2D eigenvalue weighted by atomic mass is 9.63. The van der Waals surface area contributed by atoms with Gasteiger partial charge in [-0.15, -0.1) is 0 Å². The number of fused-ring (bicyclic) bond motifs is 4. The zero-order chi connectivity index (χ0) is 38.6. The Morgan fingerprint density at radius 3 is 2.69 bits per heavy atom. The van der Waals surface area contributed by atoms with Crippen molar-refractivity contribution in [2.75, 3.05) is 84.8 Å². The van der Waals surface area contributed by atoms with E-state index in [-0.39, 0.29) is 30.4 Å². The molecule has 2 aromatic rings. The van der Waals surface area contributed by atoms with Crippen molar-refractivity contribution in [3.05, 3.63) is 70.3 Å². The number of morpholine rings is 1. The number of halogens is 1. The maximum Gasteiger partial charge on any atom is 0.264 e. The molecule has 1 amide bonds. The molecule has 5 aliphatic rings. The van der Waals surface area contributed by atoms with Crippen LogP contribution < -0.4 is 14.4 Å². The van der Waals surface area contributed by atoms with E-state index in [1.54, 1.807) is 13.2 Å². The van der Waals surface area contributed by atoms with Crippen LogP contribution in [0.25, 0.3) is 0 Å². The minimum atomic E-state index is -4.07. The second-order valence-corrected chi connectivity index (χ2v) is 18.6. The van der Waals surface area contributed by atoms with Crippen LogP contribution in [0.2, 0.25) is 5.02 Å². The number of nitrogens with zero attached hydrogens (tertiary/aromatic N) is 3. The quantitative estimate of drug-likeness (QED) is 0.374. The normalized spacial score (nSPS) is 31.3. The van der Waals surface area contributed by atoms with Crippen molar-refractivity contribution in [2.24, 2.45) is 17.8 Å². The molecule has 2 aromatic carbocycles. The Bertz CT molecular complexity index is 1790. The first-order chi connectivity index (χ1) is 26.6. The maximum absolute atomic E-state index is 14.0. The molecule has 0 unspecified atom stereocenters. The topological polar surface area (TPSA) is 110 Å². The van der Waals surface area contributed by atoms with E-state index in [1.165, 1.54) is 5.56 Å². The van der Waals surface area contributed by atoms with Gasteiger partial charge < -0.3 is 23.8 Å². The number of carbonyl (C=O) groups excluding carboxylic acids is 1. The summed E-state index contributed by atoms with van der Waals surface area (Å²) in [5.41, 5.74) is 2.78. The van der Waals surface area contributed by atoms with Gasteiger partial charge in [-0.25, -0.2) is 13.1 Å². The van der Waals surface area contributed by atoms with Gasteiger partial charge in [0.25, 0.3) is 5.91 Å². The molecule has 11 nitrogen and oxygen atoms in total. The number of amides is 1. The number of sulfonamides is 1. The molecule has 13 heteroatoms. The van der Waals surface area contributed by atoms with Crippen LogP contribution in [0.5, 0.6) is 5.75 Å². The summed E-state index contributed by atoms with van der Waals surface area (Å²) < 4.78 is 55.1. The largest absolute Gasteiger partial charge is 0.487 e. The van der Waals surface area contributed by atoms with Crippen LogP contribution in [0.1, 0.15) is 66.9 Å². The zero-order valence-electron chi connectivity index (χ0n) is 32.7. The van der Waals surface area contributed by atoms with Crippen LogP contribution >= 0.6 is 11.6 Å². The minimum absolute atomic E-state index is 0.242. The number of rotatable bonds is 6. The molecule has 1 saturated carbocycles. The molecule has 302 valence electrons. The van der Waals surface area contributed by atoms with Gasteiger partial charge in [0.1, 0.15) is 18.0 Å². The molecule has 1 N–H and O–H groups in total. The van der Waals surface area contributed by atoms with Gasteiger partial charge in [0.05, 0.1) is 24.2 Å². The first-order valence-corrected chi connectivity index (χ1v) is 22.1. The van der Waals surface area contributed by atoms with Crippen LogP contribution in [0, 0.1) is 17.8 Å². The lowest BCUT2D eigenvalue weighted by Crippen LogP contribution is -2.62. The summed E-state index contributed by atoms with van der Waals surface area (Å²) in [4.78, 5) is 21.3. The second-order valence-electron chi connectivity index (χ2n) is 16.3. The van der Waals surface area contributed by atoms with E-state index in [0.717, 1.165) is 102 Å². The molecule has 3 fully saturated rings. The van der Waals surface area contributed by atoms with Crippen LogP contribution in [-0.2, 0) is 37.3 Å². The lowest BCUT2D eigenvalue weighted by molar-refractivity contribution is -0.108. The van der Waals surface area contributed by atoms with Crippen LogP contribution in [-0.4, -0.2) is 121 Å². The first-order valence-electron chi connectivity index (χ1n) is 20.2. The standard InChI is InChI=1S/C42H59ClN4O7S/c1-30-7-6-16-42(52-3,29-45-18-19-46-20-22-53-28-36(46)26-45)37-13-10-33(37)25-47-17-5-4-8-31-23-35(43)12-9-34(31)27-54-39-14-11-32(24-38(39)47)41(48)44-55(49,50)40(30)15-21-51-2/h6,9,11-12,14,16,23-24,30,33,36-37,40H,4-5,7-8,10,13,15,17-22,25-29H2,1-3H3,(H,44,48)/b16-6+/t30-,33-,36-,37+,40+,42+/m0/s1. The predicted octanol–water partition coefficient (Wildman–Crippen LogP) is 5.55. The Kier molecular flexibility index (Phi) is 13.1. The number of benzene rings is 2. The Hall–Kier alpha value is -2.71. The summed E-state index contributed by atoms with van der Waals surface area (Å²) in [6, 6.07) is 11.7. The van der Waals surface area contributed by atoms with E-state index in [0.29, 0.717) is 35.8 Å². The fourth-order valence-corrected chi connectivity index (χ4v) is 11.4. The third-order valence-corrected chi connectivity index (χ3v) is 15.1. The molecule has 55 heavy (non-hydrogen) atoms. The van der Waals surface area contributed by atoms with Gasteiger partial charge in [-0.3, -0.25) is 14.6 Å². The number of piperazine rings is 1. The summed E-state index contributed by atoms with van der Waals surface area (Å²) in [6.07, 6.45) is 10.1. The highest BCUT2D eigenvalue weighted by Gasteiger charge is 2.49. The molecular formula is C42H59ClN4O7S. The number of nitrogens with one attached hydrogen (secondary N) is 1. The molecular weight excluding hydrogens is 740 g/mol. The second kappa shape index (κ2) is 17.8. The highest BCUT2D eigenvalue weighted by atomic mass is 35.5. The smallest absolute Gasteiger partial charge is 0.264 e. The summed E-state index contributed by atoms with van der Waals surface area (Å²) >= 11 is 6.42. The Balaban J connectivity index is 1.27. The number of hydrogen-bond donors (Lipinski definition) is 1. The third kappa shape index (κ3) is 9.21. The van der Waals surface area contributed by atoms with Gasteiger partial charge in [0.2, 0.25) is 10.0 Å². The van der Waals surface area contributed by atoms with Gasteiger partial charge in [-0.05, 0) is 104 Å².